The van der Waals surface area contributed by atoms with Crippen LogP contribution in [0.4, 0.5) is 10.1 Å². The van der Waals surface area contributed by atoms with Gasteiger partial charge >= 0.3 is 5.97 Å². The first-order chi connectivity index (χ1) is 8.97. The van der Waals surface area contributed by atoms with Gasteiger partial charge in [-0.05, 0) is 24.3 Å². The molecule has 0 unspecified atom stereocenters. The van der Waals surface area contributed by atoms with Crippen LogP contribution >= 0.6 is 11.8 Å². The highest BCUT2D eigenvalue weighted by Crippen LogP contribution is 2.30. The number of amides is 1. The van der Waals surface area contributed by atoms with Gasteiger partial charge in [0.1, 0.15) is 11.1 Å². The maximum absolute atomic E-state index is 12.8. The van der Waals surface area contributed by atoms with Gasteiger partial charge in [-0.2, -0.15) is 0 Å². The van der Waals surface area contributed by atoms with Gasteiger partial charge in [0.05, 0.1) is 12.1 Å². The molecule has 1 atom stereocenters. The Morgan fingerprint density at radius 3 is 2.68 bits per heavy atom. The first kappa shape index (κ1) is 13.5. The van der Waals surface area contributed by atoms with Crippen molar-refractivity contribution >= 4 is 34.5 Å². The van der Waals surface area contributed by atoms with Crippen LogP contribution in [0.3, 0.4) is 0 Å². The highest BCUT2D eigenvalue weighted by atomic mass is 32.2. The second-order valence-electron chi connectivity index (χ2n) is 3.97. The Labute approximate surface area is 113 Å². The van der Waals surface area contributed by atoms with E-state index in [2.05, 4.69) is 4.99 Å². The molecule has 100 valence electrons. The summed E-state index contributed by atoms with van der Waals surface area (Å²) in [5.74, 6) is -1.67. The third-order valence-electron chi connectivity index (χ3n) is 2.55. The molecule has 2 rings (SSSR count). The molecule has 7 heteroatoms. The molecule has 0 spiro atoms. The van der Waals surface area contributed by atoms with Crippen LogP contribution in [0.1, 0.15) is 6.42 Å². The van der Waals surface area contributed by atoms with E-state index in [1.54, 1.807) is 7.05 Å². The minimum Gasteiger partial charge on any atom is -0.481 e. The van der Waals surface area contributed by atoms with E-state index in [1.165, 1.54) is 29.2 Å². The summed E-state index contributed by atoms with van der Waals surface area (Å²) in [7, 11) is 1.54. The average Bonchev–Trinajstić information content (AvgIpc) is 2.60. The zero-order valence-electron chi connectivity index (χ0n) is 10.0. The molecule has 1 aromatic carbocycles. The number of hydrogen-bond acceptors (Lipinski definition) is 4. The van der Waals surface area contributed by atoms with Gasteiger partial charge in [-0.1, -0.05) is 11.8 Å². The van der Waals surface area contributed by atoms with Gasteiger partial charge in [0.2, 0.25) is 5.91 Å². The van der Waals surface area contributed by atoms with Crippen molar-refractivity contribution < 1.29 is 19.1 Å². The molecule has 5 nitrogen and oxygen atoms in total. The summed E-state index contributed by atoms with van der Waals surface area (Å²) in [4.78, 5) is 28.0. The van der Waals surface area contributed by atoms with Crippen molar-refractivity contribution in [2.75, 3.05) is 7.05 Å². The number of carboxylic acids is 1. The molecule has 1 heterocycles. The van der Waals surface area contributed by atoms with Crippen molar-refractivity contribution in [3.63, 3.8) is 0 Å². The normalized spacial score (nSPS) is 21.2. The third-order valence-corrected chi connectivity index (χ3v) is 3.78. The zero-order chi connectivity index (χ0) is 14.0. The van der Waals surface area contributed by atoms with Gasteiger partial charge in [0.25, 0.3) is 0 Å². The van der Waals surface area contributed by atoms with E-state index in [-0.39, 0.29) is 18.1 Å². The first-order valence-corrected chi connectivity index (χ1v) is 6.35. The molecule has 1 fully saturated rings. The van der Waals surface area contributed by atoms with E-state index in [1.807, 2.05) is 0 Å². The highest BCUT2D eigenvalue weighted by molar-refractivity contribution is 8.15. The Morgan fingerprint density at radius 1 is 1.47 bits per heavy atom. The molecular weight excluding hydrogens is 271 g/mol. The van der Waals surface area contributed by atoms with Crippen LogP contribution in [-0.2, 0) is 9.59 Å². The van der Waals surface area contributed by atoms with Crippen molar-refractivity contribution in [2.24, 2.45) is 4.99 Å². The monoisotopic (exact) mass is 282 g/mol. The molecule has 19 heavy (non-hydrogen) atoms. The number of rotatable bonds is 3. The molecule has 1 amide bonds. The number of carbonyl (C=O) groups is 2. The van der Waals surface area contributed by atoms with Crippen LogP contribution in [0.15, 0.2) is 29.3 Å². The molecule has 1 N–H and O–H groups in total. The van der Waals surface area contributed by atoms with Gasteiger partial charge in [-0.15, -0.1) is 0 Å². The summed E-state index contributed by atoms with van der Waals surface area (Å²) in [6, 6.07) is 5.53. The number of aliphatic carboxylic acids is 1. The minimum absolute atomic E-state index is 0.240. The Morgan fingerprint density at radius 2 is 2.11 bits per heavy atom. The van der Waals surface area contributed by atoms with E-state index in [4.69, 9.17) is 5.11 Å². The number of carboxylic acid groups (broad SMARTS) is 1. The zero-order valence-corrected chi connectivity index (χ0v) is 10.9. The fraction of sp³-hybridized carbons (Fsp3) is 0.250. The Balaban J connectivity index is 2.19. The van der Waals surface area contributed by atoms with Gasteiger partial charge < -0.3 is 5.11 Å². The number of amidine groups is 1. The van der Waals surface area contributed by atoms with E-state index < -0.39 is 11.2 Å². The number of nitrogens with zero attached hydrogens (tertiary/aromatic N) is 2. The number of benzene rings is 1. The Bertz CT molecular complexity index is 544. The van der Waals surface area contributed by atoms with Crippen molar-refractivity contribution in [1.29, 1.82) is 0 Å². The van der Waals surface area contributed by atoms with Crippen molar-refractivity contribution in [2.45, 2.75) is 11.7 Å². The second kappa shape index (κ2) is 5.40. The lowest BCUT2D eigenvalue weighted by Crippen LogP contribution is -2.28. The summed E-state index contributed by atoms with van der Waals surface area (Å²) in [6.07, 6.45) is -0.240. The quantitative estimate of drug-likeness (QED) is 0.918. The third kappa shape index (κ3) is 3.11. The predicted molar refractivity (Wildman–Crippen MR) is 69.9 cm³/mol. The molecule has 0 aromatic heterocycles. The number of aliphatic imine (C=N–C) groups is 1. The number of halogens is 1. The molecule has 0 saturated carbocycles. The van der Waals surface area contributed by atoms with Gasteiger partial charge in [-0.3, -0.25) is 14.5 Å². The Kier molecular flexibility index (Phi) is 3.84. The van der Waals surface area contributed by atoms with Crippen LogP contribution in [0, 0.1) is 5.82 Å². The summed E-state index contributed by atoms with van der Waals surface area (Å²) < 4.78 is 12.8. The molecular formula is C12H11FN2O3S. The lowest BCUT2D eigenvalue weighted by atomic mass is 10.3. The Hall–Kier alpha value is -1.89. The summed E-state index contributed by atoms with van der Waals surface area (Å²) in [6.45, 7) is 0. The molecule has 0 aliphatic carbocycles. The molecule has 1 saturated heterocycles. The topological polar surface area (TPSA) is 70.0 Å². The van der Waals surface area contributed by atoms with Crippen LogP contribution in [0.25, 0.3) is 0 Å². The van der Waals surface area contributed by atoms with Crippen LogP contribution in [-0.4, -0.2) is 39.3 Å². The SMILES string of the molecule is CN1C(=O)[C@@H](CC(=O)O)SC1=Nc1ccc(F)cc1. The predicted octanol–water partition coefficient (Wildman–Crippen LogP) is 1.86. The number of hydrogen-bond donors (Lipinski definition) is 1. The molecule has 0 radical (unpaired) electrons. The highest BCUT2D eigenvalue weighted by Gasteiger charge is 2.36. The van der Waals surface area contributed by atoms with Crippen LogP contribution < -0.4 is 0 Å². The van der Waals surface area contributed by atoms with E-state index in [9.17, 15) is 14.0 Å². The first-order valence-electron chi connectivity index (χ1n) is 5.47. The van der Waals surface area contributed by atoms with Crippen molar-refractivity contribution in [3.8, 4) is 0 Å². The van der Waals surface area contributed by atoms with Crippen LogP contribution in [0.5, 0.6) is 0 Å². The van der Waals surface area contributed by atoms with Gasteiger partial charge in [0.15, 0.2) is 5.17 Å². The summed E-state index contributed by atoms with van der Waals surface area (Å²) in [5, 5.41) is 8.49. The largest absolute Gasteiger partial charge is 0.481 e. The summed E-state index contributed by atoms with van der Waals surface area (Å²) in [5.41, 5.74) is 0.513. The lowest BCUT2D eigenvalue weighted by Gasteiger charge is -2.08. The summed E-state index contributed by atoms with van der Waals surface area (Å²) >= 11 is 1.11. The maximum Gasteiger partial charge on any atom is 0.305 e. The van der Waals surface area contributed by atoms with Gasteiger partial charge in [-0.25, -0.2) is 9.38 Å². The fourth-order valence-corrected chi connectivity index (χ4v) is 2.73. The minimum atomic E-state index is -1.03. The number of thioether (sulfide) groups is 1. The smallest absolute Gasteiger partial charge is 0.305 e. The standard InChI is InChI=1S/C12H11FN2O3S/c1-15-11(18)9(6-10(16)17)19-12(15)14-8-4-2-7(13)3-5-8/h2-5,9H,6H2,1H3,(H,16,17)/t9-/m1/s1. The van der Waals surface area contributed by atoms with Crippen molar-refractivity contribution in [1.82, 2.24) is 4.90 Å². The maximum atomic E-state index is 12.8. The second-order valence-corrected chi connectivity index (χ2v) is 5.14. The fourth-order valence-electron chi connectivity index (χ4n) is 1.58. The van der Waals surface area contributed by atoms with E-state index in [0.29, 0.717) is 10.9 Å². The van der Waals surface area contributed by atoms with Crippen molar-refractivity contribution in [3.05, 3.63) is 30.1 Å². The van der Waals surface area contributed by atoms with E-state index >= 15 is 0 Å². The average molecular weight is 282 g/mol. The molecule has 1 aromatic rings. The van der Waals surface area contributed by atoms with Crippen LogP contribution in [0.2, 0.25) is 0 Å². The molecule has 0 bridgehead atoms. The lowest BCUT2D eigenvalue weighted by molar-refractivity contribution is -0.139. The van der Waals surface area contributed by atoms with Gasteiger partial charge in [0, 0.05) is 7.05 Å². The number of carbonyl (C=O) groups excluding carboxylic acids is 1. The molecule has 1 aliphatic rings. The molecule has 1 aliphatic heterocycles. The van der Waals surface area contributed by atoms with E-state index in [0.717, 1.165) is 11.8 Å².